The number of carbonyl (C=O) groups excluding carboxylic acids is 1. The van der Waals surface area contributed by atoms with E-state index in [1.807, 2.05) is 60.7 Å². The van der Waals surface area contributed by atoms with E-state index in [-0.39, 0.29) is 5.91 Å². The molecule has 4 rings (SSSR count). The first kappa shape index (κ1) is 19.7. The van der Waals surface area contributed by atoms with Gasteiger partial charge in [-0.3, -0.25) is 4.79 Å². The summed E-state index contributed by atoms with van der Waals surface area (Å²) in [6.45, 7) is 0. The number of methoxy groups -OCH3 is 1. The monoisotopic (exact) mass is 416 g/mol. The van der Waals surface area contributed by atoms with Crippen molar-refractivity contribution in [1.82, 2.24) is 15.4 Å². The molecule has 0 atom stereocenters. The van der Waals surface area contributed by atoms with Crippen molar-refractivity contribution in [3.63, 3.8) is 0 Å². The third-order valence-corrected chi connectivity index (χ3v) is 5.40. The quantitative estimate of drug-likeness (QED) is 0.262. The molecule has 2 N–H and O–H groups in total. The van der Waals surface area contributed by atoms with Crippen LogP contribution in [0, 0.1) is 0 Å². The van der Waals surface area contributed by atoms with Crippen LogP contribution < -0.4 is 10.2 Å². The van der Waals surface area contributed by atoms with E-state index in [0.717, 1.165) is 38.8 Å². The summed E-state index contributed by atoms with van der Waals surface area (Å²) < 4.78 is 5.11. The SMILES string of the molecule is COc1ccc(/C=N/NC(=O)c2ccc(CSc3nc4ccccc4[nH]3)cc2)cc1. The van der Waals surface area contributed by atoms with Crippen LogP contribution >= 0.6 is 11.8 Å². The molecule has 1 heterocycles. The number of ether oxygens (including phenoxy) is 1. The molecule has 0 unspecified atom stereocenters. The molecule has 150 valence electrons. The highest BCUT2D eigenvalue weighted by Crippen LogP contribution is 2.23. The Bertz CT molecular complexity index is 1140. The number of imidazole rings is 1. The summed E-state index contributed by atoms with van der Waals surface area (Å²) in [5.74, 6) is 1.28. The fourth-order valence-electron chi connectivity index (χ4n) is 2.82. The highest BCUT2D eigenvalue weighted by Gasteiger charge is 2.06. The number of hydrogen-bond acceptors (Lipinski definition) is 5. The maximum absolute atomic E-state index is 12.3. The maximum atomic E-state index is 12.3. The van der Waals surface area contributed by atoms with Crippen molar-refractivity contribution in [1.29, 1.82) is 0 Å². The number of para-hydroxylation sites is 2. The van der Waals surface area contributed by atoms with Crippen LogP contribution in [0.5, 0.6) is 5.75 Å². The number of aromatic nitrogens is 2. The van der Waals surface area contributed by atoms with E-state index in [2.05, 4.69) is 20.5 Å². The molecule has 0 saturated carbocycles. The Labute approximate surface area is 178 Å². The summed E-state index contributed by atoms with van der Waals surface area (Å²) in [6, 6.07) is 22.8. The zero-order chi connectivity index (χ0) is 20.8. The number of benzene rings is 3. The summed E-state index contributed by atoms with van der Waals surface area (Å²) in [5, 5.41) is 4.89. The average molecular weight is 417 g/mol. The number of amides is 1. The summed E-state index contributed by atoms with van der Waals surface area (Å²) in [4.78, 5) is 20.1. The molecule has 6 nitrogen and oxygen atoms in total. The van der Waals surface area contributed by atoms with E-state index in [1.165, 1.54) is 0 Å². The number of rotatable bonds is 7. The highest BCUT2D eigenvalue weighted by atomic mass is 32.2. The van der Waals surface area contributed by atoms with E-state index in [9.17, 15) is 4.79 Å². The van der Waals surface area contributed by atoms with Crippen molar-refractivity contribution < 1.29 is 9.53 Å². The molecule has 0 saturated heterocycles. The van der Waals surface area contributed by atoms with E-state index in [4.69, 9.17) is 4.74 Å². The Balaban J connectivity index is 1.30. The first-order valence-corrected chi connectivity index (χ1v) is 10.3. The zero-order valence-electron chi connectivity index (χ0n) is 16.3. The van der Waals surface area contributed by atoms with Gasteiger partial charge in [0.1, 0.15) is 5.75 Å². The van der Waals surface area contributed by atoms with Crippen molar-refractivity contribution in [2.24, 2.45) is 5.10 Å². The van der Waals surface area contributed by atoms with E-state index < -0.39 is 0 Å². The van der Waals surface area contributed by atoms with E-state index in [0.29, 0.717) is 5.56 Å². The van der Waals surface area contributed by atoms with Crippen LogP contribution in [-0.4, -0.2) is 29.2 Å². The molecule has 0 bridgehead atoms. The van der Waals surface area contributed by atoms with Gasteiger partial charge in [0.2, 0.25) is 0 Å². The van der Waals surface area contributed by atoms with Gasteiger partial charge in [-0.05, 0) is 59.7 Å². The first-order chi connectivity index (χ1) is 14.7. The number of nitrogens with one attached hydrogen (secondary N) is 2. The molecule has 30 heavy (non-hydrogen) atoms. The van der Waals surface area contributed by atoms with Gasteiger partial charge in [0.25, 0.3) is 5.91 Å². The minimum atomic E-state index is -0.253. The van der Waals surface area contributed by atoms with Gasteiger partial charge in [-0.15, -0.1) is 0 Å². The number of fused-ring (bicyclic) bond motifs is 1. The van der Waals surface area contributed by atoms with Gasteiger partial charge in [-0.1, -0.05) is 36.0 Å². The first-order valence-electron chi connectivity index (χ1n) is 9.35. The minimum absolute atomic E-state index is 0.253. The van der Waals surface area contributed by atoms with Crippen molar-refractivity contribution in [3.8, 4) is 5.75 Å². The smallest absolute Gasteiger partial charge is 0.271 e. The highest BCUT2D eigenvalue weighted by molar-refractivity contribution is 7.98. The van der Waals surface area contributed by atoms with Gasteiger partial charge in [-0.2, -0.15) is 5.10 Å². The maximum Gasteiger partial charge on any atom is 0.271 e. The number of thioether (sulfide) groups is 1. The number of carbonyl (C=O) groups is 1. The van der Waals surface area contributed by atoms with Crippen LogP contribution in [0.25, 0.3) is 11.0 Å². The van der Waals surface area contributed by atoms with Gasteiger partial charge in [-0.25, -0.2) is 10.4 Å². The largest absolute Gasteiger partial charge is 0.497 e. The molecule has 4 aromatic rings. The molecule has 0 aliphatic heterocycles. The van der Waals surface area contributed by atoms with Crippen molar-refractivity contribution >= 4 is 34.9 Å². The molecule has 1 amide bonds. The standard InChI is InChI=1S/C23H20N4O2S/c1-29-19-12-8-16(9-13-19)14-24-27-22(28)18-10-6-17(7-11-18)15-30-23-25-20-4-2-3-5-21(20)26-23/h2-14H,15H2,1H3,(H,25,26)(H,27,28)/b24-14+. The lowest BCUT2D eigenvalue weighted by atomic mass is 10.1. The lowest BCUT2D eigenvalue weighted by Gasteiger charge is -2.03. The molecule has 0 aliphatic carbocycles. The van der Waals surface area contributed by atoms with Crippen LogP contribution in [0.15, 0.2) is 83.1 Å². The normalized spacial score (nSPS) is 11.1. The average Bonchev–Trinajstić information content (AvgIpc) is 3.21. The Morgan fingerprint density at radius 2 is 1.87 bits per heavy atom. The van der Waals surface area contributed by atoms with Crippen LogP contribution in [0.1, 0.15) is 21.5 Å². The third kappa shape index (κ3) is 4.87. The number of nitrogens with zero attached hydrogens (tertiary/aromatic N) is 2. The number of hydrazone groups is 1. The number of hydrogen-bond donors (Lipinski definition) is 2. The van der Waals surface area contributed by atoms with Gasteiger partial charge in [0, 0.05) is 11.3 Å². The second-order valence-electron chi connectivity index (χ2n) is 6.52. The summed E-state index contributed by atoms with van der Waals surface area (Å²) in [5.41, 5.74) is 7.07. The van der Waals surface area contributed by atoms with Crippen LogP contribution in [0.2, 0.25) is 0 Å². The fourth-order valence-corrected chi connectivity index (χ4v) is 3.66. The molecular weight excluding hydrogens is 396 g/mol. The third-order valence-electron chi connectivity index (χ3n) is 4.45. The second-order valence-corrected chi connectivity index (χ2v) is 7.48. The second kappa shape index (κ2) is 9.28. The van der Waals surface area contributed by atoms with Crippen LogP contribution in [-0.2, 0) is 5.75 Å². The van der Waals surface area contributed by atoms with Crippen molar-refractivity contribution in [2.75, 3.05) is 7.11 Å². The fraction of sp³-hybridized carbons (Fsp3) is 0.0870. The molecule has 3 aromatic carbocycles. The summed E-state index contributed by atoms with van der Waals surface area (Å²) in [6.07, 6.45) is 1.59. The molecule has 0 spiro atoms. The topological polar surface area (TPSA) is 79.4 Å². The predicted octanol–water partition coefficient (Wildman–Crippen LogP) is 4.63. The van der Waals surface area contributed by atoms with E-state index >= 15 is 0 Å². The van der Waals surface area contributed by atoms with Gasteiger partial charge in [0.15, 0.2) is 5.16 Å². The molecule has 1 aromatic heterocycles. The van der Waals surface area contributed by atoms with Gasteiger partial charge < -0.3 is 9.72 Å². The zero-order valence-corrected chi connectivity index (χ0v) is 17.1. The van der Waals surface area contributed by atoms with Gasteiger partial charge >= 0.3 is 0 Å². The Morgan fingerprint density at radius 3 is 2.60 bits per heavy atom. The number of H-pyrrole nitrogens is 1. The lowest BCUT2D eigenvalue weighted by Crippen LogP contribution is -2.17. The molecule has 0 aliphatic rings. The molecule has 0 radical (unpaired) electrons. The van der Waals surface area contributed by atoms with E-state index in [1.54, 1.807) is 37.2 Å². The Hall–Kier alpha value is -3.58. The minimum Gasteiger partial charge on any atom is -0.497 e. The predicted molar refractivity (Wildman–Crippen MR) is 120 cm³/mol. The van der Waals surface area contributed by atoms with Crippen molar-refractivity contribution in [2.45, 2.75) is 10.9 Å². The molecule has 0 fully saturated rings. The lowest BCUT2D eigenvalue weighted by molar-refractivity contribution is 0.0955. The van der Waals surface area contributed by atoms with Crippen LogP contribution in [0.3, 0.4) is 0 Å². The summed E-state index contributed by atoms with van der Waals surface area (Å²) in [7, 11) is 1.62. The van der Waals surface area contributed by atoms with Gasteiger partial charge in [0.05, 0.1) is 24.4 Å². The molecular formula is C23H20N4O2S. The Kier molecular flexibility index (Phi) is 6.10. The Morgan fingerprint density at radius 1 is 1.10 bits per heavy atom. The molecule has 7 heteroatoms. The van der Waals surface area contributed by atoms with Crippen LogP contribution in [0.4, 0.5) is 0 Å². The number of aromatic amines is 1. The summed E-state index contributed by atoms with van der Waals surface area (Å²) >= 11 is 1.63. The van der Waals surface area contributed by atoms with Crippen molar-refractivity contribution in [3.05, 3.63) is 89.5 Å².